The second-order valence-electron chi connectivity index (χ2n) is 7.60. The van der Waals surface area contributed by atoms with Crippen molar-refractivity contribution in [1.29, 1.82) is 0 Å². The van der Waals surface area contributed by atoms with Crippen LogP contribution in [0.15, 0.2) is 9.59 Å². The maximum absolute atomic E-state index is 12.5. The molecule has 0 aromatic carbocycles. The Balaban J connectivity index is 2.07. The molecular weight excluding hydrogens is 330 g/mol. The highest BCUT2D eigenvalue weighted by atomic mass is 16.2. The van der Waals surface area contributed by atoms with E-state index in [4.69, 9.17) is 4.98 Å². The van der Waals surface area contributed by atoms with Crippen LogP contribution >= 0.6 is 0 Å². The number of fused-ring (bicyclic) bond motifs is 1. The van der Waals surface area contributed by atoms with E-state index in [0.29, 0.717) is 23.6 Å². The Labute approximate surface area is 154 Å². The molecule has 3 heterocycles. The first-order valence-corrected chi connectivity index (χ1v) is 9.99. The number of piperidine rings is 1. The molecule has 2 aromatic heterocycles. The number of rotatable bonds is 7. The second kappa shape index (κ2) is 8.20. The van der Waals surface area contributed by atoms with Crippen molar-refractivity contribution in [3.8, 4) is 0 Å². The summed E-state index contributed by atoms with van der Waals surface area (Å²) in [4.78, 5) is 34.6. The maximum Gasteiger partial charge on any atom is 0.330 e. The zero-order valence-electron chi connectivity index (χ0n) is 16.3. The lowest BCUT2D eigenvalue weighted by Crippen LogP contribution is -2.34. The molecule has 3 rings (SSSR count). The van der Waals surface area contributed by atoms with Crippen LogP contribution < -0.4 is 11.2 Å². The Morgan fingerprint density at radius 2 is 1.96 bits per heavy atom. The first-order chi connectivity index (χ1) is 12.5. The molecule has 0 spiro atoms. The van der Waals surface area contributed by atoms with E-state index in [1.54, 1.807) is 4.57 Å². The number of unbranched alkanes of at least 4 members (excludes halogenated alkanes) is 1. The number of hydrogen-bond donors (Lipinski definition) is 1. The van der Waals surface area contributed by atoms with Crippen LogP contribution in [0.2, 0.25) is 0 Å². The number of H-pyrrole nitrogens is 1. The van der Waals surface area contributed by atoms with Crippen LogP contribution in [0.3, 0.4) is 0 Å². The molecule has 0 bridgehead atoms. The van der Waals surface area contributed by atoms with E-state index >= 15 is 0 Å². The Kier molecular flexibility index (Phi) is 5.96. The Hall–Kier alpha value is -1.89. The van der Waals surface area contributed by atoms with E-state index in [0.717, 1.165) is 51.3 Å². The molecular formula is C19H31N5O2. The summed E-state index contributed by atoms with van der Waals surface area (Å²) in [6, 6.07) is 0. The highest BCUT2D eigenvalue weighted by Gasteiger charge is 2.22. The lowest BCUT2D eigenvalue weighted by atomic mass is 10.0. The van der Waals surface area contributed by atoms with Gasteiger partial charge in [-0.05, 0) is 38.1 Å². The molecule has 0 radical (unpaired) electrons. The Morgan fingerprint density at radius 1 is 1.15 bits per heavy atom. The van der Waals surface area contributed by atoms with E-state index in [-0.39, 0.29) is 11.2 Å². The van der Waals surface area contributed by atoms with Gasteiger partial charge >= 0.3 is 5.69 Å². The molecule has 7 nitrogen and oxygen atoms in total. The predicted molar refractivity (Wildman–Crippen MR) is 103 cm³/mol. The quantitative estimate of drug-likeness (QED) is 0.821. The molecule has 0 amide bonds. The van der Waals surface area contributed by atoms with E-state index in [1.165, 1.54) is 12.8 Å². The van der Waals surface area contributed by atoms with Crippen molar-refractivity contribution in [3.05, 3.63) is 26.7 Å². The molecule has 7 heteroatoms. The minimum absolute atomic E-state index is 0.322. The molecule has 1 saturated heterocycles. The third kappa shape index (κ3) is 3.77. The molecule has 0 saturated carbocycles. The van der Waals surface area contributed by atoms with Crippen molar-refractivity contribution in [2.45, 2.75) is 72.5 Å². The second-order valence-corrected chi connectivity index (χ2v) is 7.60. The number of hydrogen-bond acceptors (Lipinski definition) is 4. The van der Waals surface area contributed by atoms with E-state index in [9.17, 15) is 9.59 Å². The van der Waals surface area contributed by atoms with Crippen LogP contribution in [0, 0.1) is 5.92 Å². The first kappa shape index (κ1) is 18.9. The van der Waals surface area contributed by atoms with Gasteiger partial charge in [0.2, 0.25) is 0 Å². The van der Waals surface area contributed by atoms with Gasteiger partial charge in [-0.3, -0.25) is 19.2 Å². The molecule has 1 unspecified atom stereocenters. The number of nitrogens with zero attached hydrogens (tertiary/aromatic N) is 4. The largest absolute Gasteiger partial charge is 0.330 e. The minimum atomic E-state index is -0.352. The number of nitrogens with one attached hydrogen (secondary N) is 1. The predicted octanol–water partition coefficient (Wildman–Crippen LogP) is 2.33. The van der Waals surface area contributed by atoms with Gasteiger partial charge in [0, 0.05) is 19.6 Å². The van der Waals surface area contributed by atoms with Gasteiger partial charge in [-0.1, -0.05) is 27.2 Å². The van der Waals surface area contributed by atoms with Gasteiger partial charge < -0.3 is 4.57 Å². The lowest BCUT2D eigenvalue weighted by Gasteiger charge is -2.30. The summed E-state index contributed by atoms with van der Waals surface area (Å²) in [5.74, 6) is 1.59. The van der Waals surface area contributed by atoms with Crippen LogP contribution in [-0.2, 0) is 19.6 Å². The van der Waals surface area contributed by atoms with Crippen LogP contribution in [0.1, 0.15) is 58.7 Å². The zero-order valence-corrected chi connectivity index (χ0v) is 16.3. The SMILES string of the molecule is CCCCn1c(=O)[nH]c(=O)c2c1nc(CN1CCCC(C)C1)n2CCC. The fraction of sp³-hybridized carbons (Fsp3) is 0.737. The molecule has 26 heavy (non-hydrogen) atoms. The van der Waals surface area contributed by atoms with E-state index in [2.05, 4.69) is 30.7 Å². The minimum Gasteiger partial charge on any atom is -0.321 e. The third-order valence-electron chi connectivity index (χ3n) is 5.25. The normalized spacial score (nSPS) is 18.7. The summed E-state index contributed by atoms with van der Waals surface area (Å²) >= 11 is 0. The number of aromatic amines is 1. The summed E-state index contributed by atoms with van der Waals surface area (Å²) in [5, 5.41) is 0. The number of aryl methyl sites for hydroxylation is 2. The standard InChI is InChI=1S/C19H31N5O2/c1-4-6-11-24-17-16(18(25)21-19(24)26)23(9-5-2)15(20-17)13-22-10-7-8-14(3)12-22/h14H,4-13H2,1-3H3,(H,21,25,26). The van der Waals surface area contributed by atoms with Crippen LogP contribution in [0.5, 0.6) is 0 Å². The summed E-state index contributed by atoms with van der Waals surface area (Å²) in [6.07, 6.45) is 5.28. The van der Waals surface area contributed by atoms with Crippen molar-refractivity contribution in [3.63, 3.8) is 0 Å². The molecule has 1 aliphatic rings. The molecule has 2 aromatic rings. The van der Waals surface area contributed by atoms with Crippen molar-refractivity contribution in [1.82, 2.24) is 24.0 Å². The van der Waals surface area contributed by atoms with Gasteiger partial charge in [0.25, 0.3) is 5.56 Å². The maximum atomic E-state index is 12.5. The summed E-state index contributed by atoms with van der Waals surface area (Å²) in [7, 11) is 0. The van der Waals surface area contributed by atoms with E-state index in [1.807, 2.05) is 4.57 Å². The lowest BCUT2D eigenvalue weighted by molar-refractivity contribution is 0.171. The van der Waals surface area contributed by atoms with Crippen LogP contribution in [0.4, 0.5) is 0 Å². The highest BCUT2D eigenvalue weighted by molar-refractivity contribution is 5.71. The fourth-order valence-electron chi connectivity index (χ4n) is 3.96. The number of aromatic nitrogens is 4. The molecule has 1 aliphatic heterocycles. The molecule has 144 valence electrons. The number of imidazole rings is 1. The van der Waals surface area contributed by atoms with Gasteiger partial charge in [-0.15, -0.1) is 0 Å². The number of likely N-dealkylation sites (tertiary alicyclic amines) is 1. The van der Waals surface area contributed by atoms with Gasteiger partial charge in [-0.25, -0.2) is 9.78 Å². The van der Waals surface area contributed by atoms with E-state index < -0.39 is 0 Å². The monoisotopic (exact) mass is 361 g/mol. The van der Waals surface area contributed by atoms with Crippen LogP contribution in [-0.4, -0.2) is 37.1 Å². The molecule has 1 N–H and O–H groups in total. The Morgan fingerprint density at radius 3 is 2.65 bits per heavy atom. The average Bonchev–Trinajstić information content (AvgIpc) is 2.94. The van der Waals surface area contributed by atoms with Gasteiger partial charge in [0.1, 0.15) is 5.82 Å². The van der Waals surface area contributed by atoms with Crippen molar-refractivity contribution < 1.29 is 0 Å². The van der Waals surface area contributed by atoms with Crippen LogP contribution in [0.25, 0.3) is 11.2 Å². The van der Waals surface area contributed by atoms with Gasteiger partial charge in [0.05, 0.1) is 6.54 Å². The molecule has 1 atom stereocenters. The molecule has 0 aliphatic carbocycles. The third-order valence-corrected chi connectivity index (χ3v) is 5.25. The van der Waals surface area contributed by atoms with Crippen molar-refractivity contribution >= 4 is 11.2 Å². The van der Waals surface area contributed by atoms with Crippen molar-refractivity contribution in [2.75, 3.05) is 13.1 Å². The average molecular weight is 361 g/mol. The van der Waals surface area contributed by atoms with Crippen molar-refractivity contribution in [2.24, 2.45) is 5.92 Å². The molecule has 1 fully saturated rings. The summed E-state index contributed by atoms with van der Waals surface area (Å²) in [6.45, 7) is 10.7. The fourth-order valence-corrected chi connectivity index (χ4v) is 3.96. The zero-order chi connectivity index (χ0) is 18.7. The highest BCUT2D eigenvalue weighted by Crippen LogP contribution is 2.20. The van der Waals surface area contributed by atoms with Gasteiger partial charge in [0.15, 0.2) is 11.2 Å². The van der Waals surface area contributed by atoms with Gasteiger partial charge in [-0.2, -0.15) is 0 Å². The summed E-state index contributed by atoms with van der Waals surface area (Å²) < 4.78 is 3.66. The Bertz CT molecular complexity index is 863. The first-order valence-electron chi connectivity index (χ1n) is 9.99. The smallest absolute Gasteiger partial charge is 0.321 e. The summed E-state index contributed by atoms with van der Waals surface area (Å²) in [5.41, 5.74) is 0.413. The topological polar surface area (TPSA) is 75.9 Å².